The van der Waals surface area contributed by atoms with Gasteiger partial charge in [-0.1, -0.05) is 28.1 Å². The molecular formula is C16H16BrFN2O. The van der Waals surface area contributed by atoms with E-state index in [-0.39, 0.29) is 11.7 Å². The highest BCUT2D eigenvalue weighted by atomic mass is 79.9. The lowest BCUT2D eigenvalue weighted by molar-refractivity contribution is -0.114. The molecule has 110 valence electrons. The molecule has 0 unspecified atom stereocenters. The maximum Gasteiger partial charge on any atom is 0.221 e. The van der Waals surface area contributed by atoms with Crippen LogP contribution in [0.4, 0.5) is 15.8 Å². The Hall–Kier alpha value is -1.88. The van der Waals surface area contributed by atoms with Crippen molar-refractivity contribution < 1.29 is 9.18 Å². The molecule has 0 saturated carbocycles. The van der Waals surface area contributed by atoms with Crippen molar-refractivity contribution in [1.82, 2.24) is 0 Å². The lowest BCUT2D eigenvalue weighted by atomic mass is 10.1. The first-order chi connectivity index (χ1) is 9.95. The molecule has 2 N–H and O–H groups in total. The summed E-state index contributed by atoms with van der Waals surface area (Å²) in [6, 6.07) is 10.6. The van der Waals surface area contributed by atoms with Crippen LogP contribution in [0.1, 0.15) is 18.1 Å². The van der Waals surface area contributed by atoms with Crippen LogP contribution in [0, 0.1) is 12.7 Å². The number of nitrogens with one attached hydrogen (secondary N) is 2. The minimum absolute atomic E-state index is 0.116. The van der Waals surface area contributed by atoms with Gasteiger partial charge < -0.3 is 10.6 Å². The van der Waals surface area contributed by atoms with E-state index in [1.165, 1.54) is 13.0 Å². The van der Waals surface area contributed by atoms with Crippen LogP contribution in [0.5, 0.6) is 0 Å². The first-order valence-electron chi connectivity index (χ1n) is 6.52. The molecule has 0 aliphatic carbocycles. The van der Waals surface area contributed by atoms with Gasteiger partial charge in [0.25, 0.3) is 0 Å². The molecule has 0 atom stereocenters. The molecule has 0 fully saturated rings. The van der Waals surface area contributed by atoms with Crippen LogP contribution in [0.2, 0.25) is 0 Å². The van der Waals surface area contributed by atoms with Gasteiger partial charge in [0, 0.05) is 34.9 Å². The molecule has 2 rings (SSSR count). The number of benzene rings is 2. The van der Waals surface area contributed by atoms with Crippen molar-refractivity contribution in [3.63, 3.8) is 0 Å². The lowest BCUT2D eigenvalue weighted by Gasteiger charge is -2.12. The normalized spacial score (nSPS) is 10.3. The molecule has 2 aromatic rings. The van der Waals surface area contributed by atoms with Crippen LogP contribution in [0.3, 0.4) is 0 Å². The van der Waals surface area contributed by atoms with Gasteiger partial charge in [0.05, 0.1) is 0 Å². The Labute approximate surface area is 131 Å². The number of aryl methyl sites for hydroxylation is 1. The van der Waals surface area contributed by atoms with E-state index in [4.69, 9.17) is 0 Å². The van der Waals surface area contributed by atoms with Crippen molar-refractivity contribution in [2.24, 2.45) is 0 Å². The summed E-state index contributed by atoms with van der Waals surface area (Å²) in [6.07, 6.45) is 0. The number of hydrogen-bond donors (Lipinski definition) is 2. The van der Waals surface area contributed by atoms with E-state index in [2.05, 4.69) is 26.6 Å². The smallest absolute Gasteiger partial charge is 0.221 e. The Morgan fingerprint density at radius 1 is 1.24 bits per heavy atom. The molecular weight excluding hydrogens is 335 g/mol. The number of amides is 1. The third kappa shape index (κ3) is 4.29. The van der Waals surface area contributed by atoms with Crippen molar-refractivity contribution in [2.45, 2.75) is 20.4 Å². The van der Waals surface area contributed by atoms with E-state index in [1.807, 2.05) is 25.1 Å². The highest BCUT2D eigenvalue weighted by Gasteiger charge is 2.05. The monoisotopic (exact) mass is 350 g/mol. The molecule has 0 heterocycles. The van der Waals surface area contributed by atoms with Crippen molar-refractivity contribution in [2.75, 3.05) is 10.6 Å². The predicted molar refractivity (Wildman–Crippen MR) is 86.9 cm³/mol. The topological polar surface area (TPSA) is 41.1 Å². The van der Waals surface area contributed by atoms with Gasteiger partial charge in [-0.25, -0.2) is 4.39 Å². The standard InChI is InChI=1S/C16H16BrFN2O/c1-10-3-6-14(8-16(10)20-11(2)21)19-9-12-4-5-13(17)7-15(12)18/h3-8,19H,9H2,1-2H3,(H,20,21). The predicted octanol–water partition coefficient (Wildman–Crippen LogP) is 4.47. The summed E-state index contributed by atoms with van der Waals surface area (Å²) >= 11 is 3.23. The zero-order valence-corrected chi connectivity index (χ0v) is 13.4. The van der Waals surface area contributed by atoms with Gasteiger partial charge in [0.1, 0.15) is 5.82 Å². The molecule has 0 spiro atoms. The van der Waals surface area contributed by atoms with Crippen molar-refractivity contribution >= 4 is 33.2 Å². The molecule has 0 saturated heterocycles. The summed E-state index contributed by atoms with van der Waals surface area (Å²) < 4.78 is 14.5. The Morgan fingerprint density at radius 2 is 2.00 bits per heavy atom. The first-order valence-corrected chi connectivity index (χ1v) is 7.31. The highest BCUT2D eigenvalue weighted by Crippen LogP contribution is 2.22. The maximum absolute atomic E-state index is 13.7. The van der Waals surface area contributed by atoms with Crippen LogP contribution in [0.15, 0.2) is 40.9 Å². The number of hydrogen-bond acceptors (Lipinski definition) is 2. The van der Waals surface area contributed by atoms with Crippen LogP contribution < -0.4 is 10.6 Å². The van der Waals surface area contributed by atoms with Crippen LogP contribution in [0.25, 0.3) is 0 Å². The fourth-order valence-corrected chi connectivity index (χ4v) is 2.25. The fourth-order valence-electron chi connectivity index (χ4n) is 1.92. The fraction of sp³-hybridized carbons (Fsp3) is 0.188. The van der Waals surface area contributed by atoms with E-state index in [0.717, 1.165) is 16.9 Å². The quantitative estimate of drug-likeness (QED) is 0.854. The van der Waals surface area contributed by atoms with E-state index < -0.39 is 0 Å². The minimum atomic E-state index is -0.258. The number of anilines is 2. The maximum atomic E-state index is 13.7. The molecule has 2 aromatic carbocycles. The second-order valence-electron chi connectivity index (χ2n) is 4.80. The summed E-state index contributed by atoms with van der Waals surface area (Å²) in [7, 11) is 0. The lowest BCUT2D eigenvalue weighted by Crippen LogP contribution is -2.08. The second kappa shape index (κ2) is 6.72. The Morgan fingerprint density at radius 3 is 2.67 bits per heavy atom. The van der Waals surface area contributed by atoms with Gasteiger partial charge in [-0.2, -0.15) is 0 Å². The van der Waals surface area contributed by atoms with Crippen LogP contribution in [-0.2, 0) is 11.3 Å². The highest BCUT2D eigenvalue weighted by molar-refractivity contribution is 9.10. The van der Waals surface area contributed by atoms with E-state index in [0.29, 0.717) is 16.6 Å². The minimum Gasteiger partial charge on any atom is -0.381 e. The Balaban J connectivity index is 2.11. The summed E-state index contributed by atoms with van der Waals surface area (Å²) in [5.41, 5.74) is 3.14. The summed E-state index contributed by atoms with van der Waals surface area (Å²) in [4.78, 5) is 11.1. The average molecular weight is 351 g/mol. The number of halogens is 2. The molecule has 0 aliphatic rings. The number of carbonyl (C=O) groups is 1. The molecule has 3 nitrogen and oxygen atoms in total. The van der Waals surface area contributed by atoms with Crippen LogP contribution >= 0.6 is 15.9 Å². The third-order valence-electron chi connectivity index (χ3n) is 3.05. The average Bonchev–Trinajstić information content (AvgIpc) is 2.40. The molecule has 5 heteroatoms. The van der Waals surface area contributed by atoms with Gasteiger partial charge in [0.15, 0.2) is 0 Å². The largest absolute Gasteiger partial charge is 0.381 e. The van der Waals surface area contributed by atoms with Crippen LogP contribution in [-0.4, -0.2) is 5.91 Å². The molecule has 1 amide bonds. The third-order valence-corrected chi connectivity index (χ3v) is 3.54. The summed E-state index contributed by atoms with van der Waals surface area (Å²) in [6.45, 7) is 3.77. The van der Waals surface area contributed by atoms with E-state index in [1.54, 1.807) is 12.1 Å². The molecule has 0 radical (unpaired) electrons. The van der Waals surface area contributed by atoms with Gasteiger partial charge in [-0.05, 0) is 36.8 Å². The number of rotatable bonds is 4. The molecule has 0 aliphatic heterocycles. The van der Waals surface area contributed by atoms with Gasteiger partial charge in [-0.3, -0.25) is 4.79 Å². The van der Waals surface area contributed by atoms with E-state index in [9.17, 15) is 9.18 Å². The van der Waals surface area contributed by atoms with Gasteiger partial charge >= 0.3 is 0 Å². The molecule has 0 aromatic heterocycles. The van der Waals surface area contributed by atoms with Crippen molar-refractivity contribution in [1.29, 1.82) is 0 Å². The molecule has 0 bridgehead atoms. The number of carbonyl (C=O) groups excluding carboxylic acids is 1. The zero-order chi connectivity index (χ0) is 15.4. The van der Waals surface area contributed by atoms with Gasteiger partial charge in [-0.15, -0.1) is 0 Å². The summed E-state index contributed by atoms with van der Waals surface area (Å²) in [5, 5.41) is 5.93. The first kappa shape index (κ1) is 15.5. The van der Waals surface area contributed by atoms with Gasteiger partial charge in [0.2, 0.25) is 5.91 Å². The SMILES string of the molecule is CC(=O)Nc1cc(NCc2ccc(Br)cc2F)ccc1C. The Kier molecular flexibility index (Phi) is 4.96. The molecule has 21 heavy (non-hydrogen) atoms. The summed E-state index contributed by atoms with van der Waals surface area (Å²) in [5.74, 6) is -0.375. The zero-order valence-electron chi connectivity index (χ0n) is 11.8. The van der Waals surface area contributed by atoms with E-state index >= 15 is 0 Å². The second-order valence-corrected chi connectivity index (χ2v) is 5.72. The Bertz CT molecular complexity index is 673. The van der Waals surface area contributed by atoms with Crippen molar-refractivity contribution in [3.05, 3.63) is 57.8 Å². The van der Waals surface area contributed by atoms with Crippen molar-refractivity contribution in [3.8, 4) is 0 Å².